The summed E-state index contributed by atoms with van der Waals surface area (Å²) in [7, 11) is 0. The second kappa shape index (κ2) is 4.51. The number of ether oxygens (including phenoxy) is 2. The quantitative estimate of drug-likeness (QED) is 0.772. The molecule has 1 aliphatic rings. The van der Waals surface area contributed by atoms with Crippen molar-refractivity contribution in [2.45, 2.75) is 6.42 Å². The summed E-state index contributed by atoms with van der Waals surface area (Å²) >= 11 is 3.38. The average molecular weight is 255 g/mol. The molecule has 0 aliphatic carbocycles. The van der Waals surface area contributed by atoms with Crippen molar-refractivity contribution in [3.05, 3.63) is 29.8 Å². The van der Waals surface area contributed by atoms with Gasteiger partial charge in [-0.2, -0.15) is 0 Å². The number of fused-ring (bicyclic) bond motifs is 1. The van der Waals surface area contributed by atoms with Crippen LogP contribution in [0.1, 0.15) is 12.0 Å². The van der Waals surface area contributed by atoms with Crippen LogP contribution >= 0.6 is 15.9 Å². The second-order valence-corrected chi connectivity index (χ2v) is 3.79. The van der Waals surface area contributed by atoms with E-state index >= 15 is 0 Å². The molecule has 1 heterocycles. The van der Waals surface area contributed by atoms with Crippen LogP contribution in [0.15, 0.2) is 24.3 Å². The fourth-order valence-corrected chi connectivity index (χ4v) is 1.56. The van der Waals surface area contributed by atoms with Gasteiger partial charge in [-0.3, -0.25) is 0 Å². The van der Waals surface area contributed by atoms with Gasteiger partial charge in [0.05, 0.1) is 0 Å². The van der Waals surface area contributed by atoms with Crippen molar-refractivity contribution in [2.75, 3.05) is 12.1 Å². The fourth-order valence-electron chi connectivity index (χ4n) is 1.30. The summed E-state index contributed by atoms with van der Waals surface area (Å²) in [6.45, 7) is 0.337. The van der Waals surface area contributed by atoms with Crippen molar-refractivity contribution in [3.63, 3.8) is 0 Å². The Morgan fingerprint density at radius 3 is 3.00 bits per heavy atom. The van der Waals surface area contributed by atoms with Gasteiger partial charge in [0.2, 0.25) is 6.79 Å². The summed E-state index contributed by atoms with van der Waals surface area (Å²) < 4.78 is 10.5. The Morgan fingerprint density at radius 1 is 1.29 bits per heavy atom. The van der Waals surface area contributed by atoms with Crippen molar-refractivity contribution in [1.82, 2.24) is 0 Å². The molecule has 2 nitrogen and oxygen atoms in total. The summed E-state index contributed by atoms with van der Waals surface area (Å²) in [6, 6.07) is 5.96. The molecule has 0 aromatic heterocycles. The predicted octanol–water partition coefficient (Wildman–Crippen LogP) is 3.21. The van der Waals surface area contributed by atoms with E-state index in [0.29, 0.717) is 6.79 Å². The van der Waals surface area contributed by atoms with E-state index in [9.17, 15) is 0 Å². The highest BCUT2D eigenvalue weighted by Crippen LogP contribution is 2.32. The standard InChI is InChI=1S/C11H11BrO2/c12-6-2-1-3-9-4-5-10-11(7-9)14-8-13-10/h1,3-5,7H,2,6,8H2. The first-order valence-corrected chi connectivity index (χ1v) is 5.64. The van der Waals surface area contributed by atoms with Gasteiger partial charge in [0.25, 0.3) is 0 Å². The van der Waals surface area contributed by atoms with Crippen LogP contribution < -0.4 is 9.47 Å². The van der Waals surface area contributed by atoms with Gasteiger partial charge in [0.1, 0.15) is 0 Å². The third kappa shape index (κ3) is 2.10. The molecule has 3 heteroatoms. The fraction of sp³-hybridized carbons (Fsp3) is 0.273. The molecule has 0 bridgehead atoms. The molecule has 0 atom stereocenters. The maximum atomic E-state index is 5.28. The zero-order chi connectivity index (χ0) is 9.80. The minimum Gasteiger partial charge on any atom is -0.454 e. The highest BCUT2D eigenvalue weighted by atomic mass is 79.9. The zero-order valence-corrected chi connectivity index (χ0v) is 9.29. The van der Waals surface area contributed by atoms with Crippen molar-refractivity contribution < 1.29 is 9.47 Å². The third-order valence-corrected chi connectivity index (χ3v) is 2.44. The normalized spacial score (nSPS) is 13.8. The van der Waals surface area contributed by atoms with Crippen LogP contribution in [0.5, 0.6) is 11.5 Å². The molecule has 0 fully saturated rings. The topological polar surface area (TPSA) is 18.5 Å². The highest BCUT2D eigenvalue weighted by molar-refractivity contribution is 9.09. The Labute approximate surface area is 91.7 Å². The van der Waals surface area contributed by atoms with Gasteiger partial charge >= 0.3 is 0 Å². The number of benzene rings is 1. The summed E-state index contributed by atoms with van der Waals surface area (Å²) in [5, 5.41) is 0.994. The number of rotatable bonds is 3. The van der Waals surface area contributed by atoms with Crippen molar-refractivity contribution in [3.8, 4) is 11.5 Å². The molecule has 0 saturated heterocycles. The molecule has 1 aromatic rings. The first kappa shape index (κ1) is 9.59. The molecule has 0 radical (unpaired) electrons. The molecule has 0 unspecified atom stereocenters. The first-order valence-electron chi connectivity index (χ1n) is 4.52. The highest BCUT2D eigenvalue weighted by Gasteiger charge is 2.11. The van der Waals surface area contributed by atoms with Gasteiger partial charge in [-0.15, -0.1) is 0 Å². The van der Waals surface area contributed by atoms with E-state index in [0.717, 1.165) is 28.8 Å². The molecule has 0 saturated carbocycles. The van der Waals surface area contributed by atoms with E-state index in [1.807, 2.05) is 18.2 Å². The molecule has 1 aliphatic heterocycles. The van der Waals surface area contributed by atoms with Crippen LogP contribution in [-0.2, 0) is 0 Å². The SMILES string of the molecule is BrCCC=Cc1ccc2c(c1)OCO2. The van der Waals surface area contributed by atoms with E-state index in [1.165, 1.54) is 0 Å². The van der Waals surface area contributed by atoms with E-state index in [1.54, 1.807) is 0 Å². The van der Waals surface area contributed by atoms with Gasteiger partial charge in [-0.05, 0) is 24.1 Å². The smallest absolute Gasteiger partial charge is 0.231 e. The molecule has 0 amide bonds. The Bertz CT molecular complexity index is 347. The Kier molecular flexibility index (Phi) is 3.09. The van der Waals surface area contributed by atoms with Gasteiger partial charge in [-0.1, -0.05) is 34.1 Å². The van der Waals surface area contributed by atoms with Crippen molar-refractivity contribution in [2.24, 2.45) is 0 Å². The first-order chi connectivity index (χ1) is 6.90. The molecule has 1 aromatic carbocycles. The lowest BCUT2D eigenvalue weighted by Gasteiger charge is -1.97. The van der Waals surface area contributed by atoms with E-state index in [-0.39, 0.29) is 0 Å². The molecule has 2 rings (SSSR count). The molecule has 14 heavy (non-hydrogen) atoms. The molecule has 0 N–H and O–H groups in total. The summed E-state index contributed by atoms with van der Waals surface area (Å²) in [5.74, 6) is 1.67. The maximum Gasteiger partial charge on any atom is 0.231 e. The molecular formula is C11H11BrO2. The van der Waals surface area contributed by atoms with Crippen LogP contribution in [0.4, 0.5) is 0 Å². The average Bonchev–Trinajstić information content (AvgIpc) is 2.65. The summed E-state index contributed by atoms with van der Waals surface area (Å²) in [4.78, 5) is 0. The van der Waals surface area contributed by atoms with E-state index < -0.39 is 0 Å². The predicted molar refractivity (Wildman–Crippen MR) is 60.0 cm³/mol. The number of hydrogen-bond acceptors (Lipinski definition) is 2. The van der Waals surface area contributed by atoms with Crippen molar-refractivity contribution >= 4 is 22.0 Å². The second-order valence-electron chi connectivity index (χ2n) is 2.99. The van der Waals surface area contributed by atoms with Gasteiger partial charge < -0.3 is 9.47 Å². The van der Waals surface area contributed by atoms with Crippen LogP contribution in [0.25, 0.3) is 6.08 Å². The lowest BCUT2D eigenvalue weighted by molar-refractivity contribution is 0.174. The van der Waals surface area contributed by atoms with E-state index in [2.05, 4.69) is 28.1 Å². The largest absolute Gasteiger partial charge is 0.454 e. The number of hydrogen-bond donors (Lipinski definition) is 0. The summed E-state index contributed by atoms with van der Waals surface area (Å²) in [5.41, 5.74) is 1.15. The third-order valence-electron chi connectivity index (χ3n) is 1.98. The maximum absolute atomic E-state index is 5.28. The van der Waals surface area contributed by atoms with Crippen LogP contribution in [-0.4, -0.2) is 12.1 Å². The van der Waals surface area contributed by atoms with Gasteiger partial charge in [-0.25, -0.2) is 0 Å². The van der Waals surface area contributed by atoms with Gasteiger partial charge in [0, 0.05) is 5.33 Å². The lowest BCUT2D eigenvalue weighted by Crippen LogP contribution is -1.92. The summed E-state index contributed by atoms with van der Waals surface area (Å²) in [6.07, 6.45) is 5.25. The van der Waals surface area contributed by atoms with Crippen LogP contribution in [0, 0.1) is 0 Å². The zero-order valence-electron chi connectivity index (χ0n) is 7.70. The molecule has 74 valence electrons. The number of allylic oxidation sites excluding steroid dienone is 1. The van der Waals surface area contributed by atoms with Crippen LogP contribution in [0.3, 0.4) is 0 Å². The Balaban J connectivity index is 2.12. The van der Waals surface area contributed by atoms with E-state index in [4.69, 9.17) is 9.47 Å². The molecule has 0 spiro atoms. The van der Waals surface area contributed by atoms with Crippen molar-refractivity contribution in [1.29, 1.82) is 0 Å². The minimum absolute atomic E-state index is 0.337. The Morgan fingerprint density at radius 2 is 2.14 bits per heavy atom. The monoisotopic (exact) mass is 254 g/mol. The van der Waals surface area contributed by atoms with Gasteiger partial charge in [0.15, 0.2) is 11.5 Å². The minimum atomic E-state index is 0.337. The molecular weight excluding hydrogens is 244 g/mol. The number of alkyl halides is 1. The lowest BCUT2D eigenvalue weighted by atomic mass is 10.2. The van der Waals surface area contributed by atoms with Crippen LogP contribution in [0.2, 0.25) is 0 Å². The number of halogens is 1. The Hall–Kier alpha value is -0.960.